The van der Waals surface area contributed by atoms with E-state index in [1.54, 1.807) is 0 Å². The van der Waals surface area contributed by atoms with Gasteiger partial charge in [-0.2, -0.15) is 0 Å². The summed E-state index contributed by atoms with van der Waals surface area (Å²) in [6.07, 6.45) is -0.613. The lowest BCUT2D eigenvalue weighted by Gasteiger charge is -2.32. The van der Waals surface area contributed by atoms with E-state index in [0.29, 0.717) is 0 Å². The molecule has 0 bridgehead atoms. The maximum Gasteiger partial charge on any atom is 0.463 e. The van der Waals surface area contributed by atoms with E-state index < -0.39 is 13.2 Å². The number of halogens is 1. The lowest BCUT2D eigenvalue weighted by molar-refractivity contribution is 0.00578. The van der Waals surface area contributed by atoms with Gasteiger partial charge in [0.15, 0.2) is 0 Å². The van der Waals surface area contributed by atoms with Crippen LogP contribution in [-0.2, 0) is 9.31 Å². The minimum absolute atomic E-state index is 0.141. The Morgan fingerprint density at radius 2 is 1.50 bits per heavy atom. The highest BCUT2D eigenvalue weighted by Gasteiger charge is 2.53. The number of benzene rings is 1. The molecule has 1 heterocycles. The van der Waals surface area contributed by atoms with Crippen LogP contribution in [0.15, 0.2) is 28.7 Å². The molecule has 1 N–H and O–H groups in total. The molecule has 5 heteroatoms. The Labute approximate surface area is 129 Å². The fourth-order valence-electron chi connectivity index (χ4n) is 2.22. The highest BCUT2D eigenvalue weighted by Crippen LogP contribution is 2.43. The van der Waals surface area contributed by atoms with Gasteiger partial charge >= 0.3 is 7.12 Å². The second-order valence-electron chi connectivity index (χ2n) is 6.48. The van der Waals surface area contributed by atoms with Gasteiger partial charge in [0.25, 0.3) is 0 Å². The third kappa shape index (κ3) is 2.96. The van der Waals surface area contributed by atoms with E-state index >= 15 is 0 Å². The van der Waals surface area contributed by atoms with Crippen molar-refractivity contribution in [3.05, 3.63) is 34.3 Å². The second kappa shape index (κ2) is 5.45. The van der Waals surface area contributed by atoms with Gasteiger partial charge in [-0.25, -0.2) is 0 Å². The third-order valence-corrected chi connectivity index (χ3v) is 4.94. The Morgan fingerprint density at radius 3 is 1.95 bits per heavy atom. The quantitative estimate of drug-likeness (QED) is 0.846. The van der Waals surface area contributed by atoms with Crippen LogP contribution in [0.4, 0.5) is 0 Å². The number of hydrogen-bond acceptors (Lipinski definition) is 3. The maximum atomic E-state index is 10.5. The van der Waals surface area contributed by atoms with Crippen LogP contribution in [0, 0.1) is 0 Å². The molecule has 0 amide bonds. The zero-order valence-electron chi connectivity index (χ0n) is 12.7. The highest BCUT2D eigenvalue weighted by molar-refractivity contribution is 9.10. The topological polar surface area (TPSA) is 38.7 Å². The summed E-state index contributed by atoms with van der Waals surface area (Å²) in [7, 11) is -0.404. The van der Waals surface area contributed by atoms with Crippen LogP contribution in [0.2, 0.25) is 5.82 Å². The Balaban J connectivity index is 2.12. The van der Waals surface area contributed by atoms with Crippen LogP contribution >= 0.6 is 15.9 Å². The monoisotopic (exact) mass is 340 g/mol. The Morgan fingerprint density at radius 1 is 1.05 bits per heavy atom. The molecule has 110 valence electrons. The van der Waals surface area contributed by atoms with Crippen molar-refractivity contribution in [3.63, 3.8) is 0 Å². The van der Waals surface area contributed by atoms with Crippen LogP contribution in [0.5, 0.6) is 0 Å². The molecule has 20 heavy (non-hydrogen) atoms. The Kier molecular flexibility index (Phi) is 4.36. The van der Waals surface area contributed by atoms with E-state index in [0.717, 1.165) is 10.0 Å². The lowest BCUT2D eigenvalue weighted by Crippen LogP contribution is -2.41. The SMILES string of the molecule is CC(B1OC(C)(C)C(C)(C)O1)C(O)c1ccc(Br)cc1. The summed E-state index contributed by atoms with van der Waals surface area (Å²) < 4.78 is 13.0. The molecule has 1 aliphatic heterocycles. The van der Waals surface area contributed by atoms with Crippen molar-refractivity contribution >= 4 is 23.0 Å². The van der Waals surface area contributed by atoms with Gasteiger partial charge in [0.1, 0.15) is 0 Å². The van der Waals surface area contributed by atoms with E-state index in [1.165, 1.54) is 0 Å². The molecule has 2 atom stereocenters. The van der Waals surface area contributed by atoms with Crippen LogP contribution in [0.3, 0.4) is 0 Å². The first-order chi connectivity index (χ1) is 9.14. The van der Waals surface area contributed by atoms with Gasteiger partial charge in [-0.1, -0.05) is 35.0 Å². The van der Waals surface area contributed by atoms with E-state index in [2.05, 4.69) is 15.9 Å². The summed E-state index contributed by atoms with van der Waals surface area (Å²) in [5.74, 6) is -0.141. The molecule has 2 unspecified atom stereocenters. The van der Waals surface area contributed by atoms with Gasteiger partial charge in [0.05, 0.1) is 17.3 Å². The van der Waals surface area contributed by atoms with Crippen molar-refractivity contribution in [1.82, 2.24) is 0 Å². The third-order valence-electron chi connectivity index (χ3n) is 4.41. The molecule has 2 rings (SSSR count). The molecule has 0 saturated carbocycles. The fourth-order valence-corrected chi connectivity index (χ4v) is 2.48. The van der Waals surface area contributed by atoms with E-state index in [4.69, 9.17) is 9.31 Å². The number of rotatable bonds is 3. The van der Waals surface area contributed by atoms with Crippen molar-refractivity contribution < 1.29 is 14.4 Å². The zero-order valence-corrected chi connectivity index (χ0v) is 14.3. The molecule has 0 radical (unpaired) electrons. The molecule has 1 saturated heterocycles. The number of aliphatic hydroxyl groups is 1. The molecular weight excluding hydrogens is 319 g/mol. The van der Waals surface area contributed by atoms with E-state index in [1.807, 2.05) is 58.9 Å². The Hall–Kier alpha value is -0.355. The largest absolute Gasteiger partial charge is 0.463 e. The first-order valence-electron chi connectivity index (χ1n) is 6.93. The number of hydrogen-bond donors (Lipinski definition) is 1. The van der Waals surface area contributed by atoms with Crippen molar-refractivity contribution in [3.8, 4) is 0 Å². The molecular formula is C15H22BBrO3. The van der Waals surface area contributed by atoms with Crippen LogP contribution in [0.25, 0.3) is 0 Å². The second-order valence-corrected chi connectivity index (χ2v) is 7.40. The molecule has 1 aromatic carbocycles. The molecule has 0 aliphatic carbocycles. The van der Waals surface area contributed by atoms with Gasteiger partial charge in [-0.15, -0.1) is 0 Å². The first-order valence-corrected chi connectivity index (χ1v) is 7.72. The normalized spacial score (nSPS) is 23.6. The van der Waals surface area contributed by atoms with Gasteiger partial charge < -0.3 is 14.4 Å². The molecule has 1 aliphatic rings. The standard InChI is InChI=1S/C15H22BBrO3/c1-10(13(18)11-6-8-12(17)9-7-11)16-19-14(2,3)15(4,5)20-16/h6-10,13,18H,1-5H3. The average molecular weight is 341 g/mol. The van der Waals surface area contributed by atoms with Gasteiger partial charge in [0.2, 0.25) is 0 Å². The van der Waals surface area contributed by atoms with E-state index in [-0.39, 0.29) is 17.0 Å². The molecule has 0 spiro atoms. The molecule has 1 fully saturated rings. The first kappa shape index (κ1) is 16.0. The molecule has 0 aromatic heterocycles. The molecule has 3 nitrogen and oxygen atoms in total. The van der Waals surface area contributed by atoms with Crippen LogP contribution in [-0.4, -0.2) is 23.4 Å². The average Bonchev–Trinajstić information content (AvgIpc) is 2.57. The summed E-state index contributed by atoms with van der Waals surface area (Å²) in [4.78, 5) is 0. The van der Waals surface area contributed by atoms with Crippen molar-refractivity contribution in [2.75, 3.05) is 0 Å². The van der Waals surface area contributed by atoms with Gasteiger partial charge in [-0.05, 0) is 45.4 Å². The lowest BCUT2D eigenvalue weighted by atomic mass is 9.68. The number of aliphatic hydroxyl groups excluding tert-OH is 1. The molecule has 1 aromatic rings. The van der Waals surface area contributed by atoms with Crippen molar-refractivity contribution in [1.29, 1.82) is 0 Å². The predicted molar refractivity (Wildman–Crippen MR) is 84.6 cm³/mol. The Bertz CT molecular complexity index is 457. The van der Waals surface area contributed by atoms with Crippen molar-refractivity contribution in [2.45, 2.75) is 57.7 Å². The highest BCUT2D eigenvalue weighted by atomic mass is 79.9. The maximum absolute atomic E-state index is 10.5. The van der Waals surface area contributed by atoms with Crippen molar-refractivity contribution in [2.24, 2.45) is 0 Å². The van der Waals surface area contributed by atoms with Gasteiger partial charge in [0, 0.05) is 10.3 Å². The minimum atomic E-state index is -0.613. The van der Waals surface area contributed by atoms with E-state index in [9.17, 15) is 5.11 Å². The summed E-state index contributed by atoms with van der Waals surface area (Å²) in [6, 6.07) is 7.68. The summed E-state index contributed by atoms with van der Waals surface area (Å²) in [6.45, 7) is 10.0. The predicted octanol–water partition coefficient (Wildman–Crippen LogP) is 3.96. The van der Waals surface area contributed by atoms with Crippen LogP contribution in [0.1, 0.15) is 46.3 Å². The summed E-state index contributed by atoms with van der Waals surface area (Å²) in [5, 5.41) is 10.5. The smallest absolute Gasteiger partial charge is 0.403 e. The fraction of sp³-hybridized carbons (Fsp3) is 0.600. The summed E-state index contributed by atoms with van der Waals surface area (Å²) in [5.41, 5.74) is 0.131. The minimum Gasteiger partial charge on any atom is -0.403 e. The zero-order chi connectivity index (χ0) is 15.1. The van der Waals surface area contributed by atoms with Gasteiger partial charge in [-0.3, -0.25) is 0 Å². The summed E-state index contributed by atoms with van der Waals surface area (Å²) >= 11 is 3.40. The van der Waals surface area contributed by atoms with Crippen LogP contribution < -0.4 is 0 Å².